The molecule has 0 unspecified atom stereocenters. The van der Waals surface area contributed by atoms with E-state index in [1.54, 1.807) is 0 Å². The van der Waals surface area contributed by atoms with Gasteiger partial charge in [0, 0.05) is 6.08 Å². The molecule has 0 radical (unpaired) electrons. The minimum atomic E-state index is -2.45. The van der Waals surface area contributed by atoms with Gasteiger partial charge in [0.15, 0.2) is 0 Å². The molecule has 170 valence electrons. The second-order valence-corrected chi connectivity index (χ2v) is 10.9. The van der Waals surface area contributed by atoms with E-state index in [4.69, 9.17) is 9.47 Å². The SMILES string of the molecule is COC(=O)/C=C(\C(=O)OC)C1=CC=CC1=P(c1ccccc1)(c1ccccc1)c1ccccc1. The Morgan fingerprint density at radius 2 is 1.18 bits per heavy atom. The Hall–Kier alpha value is -3.88. The van der Waals surface area contributed by atoms with Crippen LogP contribution in [0, 0.1) is 0 Å². The van der Waals surface area contributed by atoms with Crippen LogP contribution < -0.4 is 15.9 Å². The third kappa shape index (κ3) is 4.21. The highest BCUT2D eigenvalue weighted by atomic mass is 31.2. The Balaban J connectivity index is 2.18. The molecule has 34 heavy (non-hydrogen) atoms. The monoisotopic (exact) mass is 468 g/mol. The highest BCUT2D eigenvalue weighted by Crippen LogP contribution is 2.49. The van der Waals surface area contributed by atoms with Gasteiger partial charge in [0.05, 0.1) is 19.8 Å². The largest absolute Gasteiger partial charge is 0.466 e. The van der Waals surface area contributed by atoms with Crippen molar-refractivity contribution in [2.75, 3.05) is 14.2 Å². The van der Waals surface area contributed by atoms with E-state index in [2.05, 4.69) is 36.4 Å². The first-order valence-corrected chi connectivity index (χ1v) is 12.6. The Kier molecular flexibility index (Phi) is 7.10. The van der Waals surface area contributed by atoms with E-state index in [0.717, 1.165) is 21.2 Å². The number of methoxy groups -OCH3 is 2. The molecule has 0 spiro atoms. The van der Waals surface area contributed by atoms with E-state index in [1.807, 2.05) is 72.8 Å². The van der Waals surface area contributed by atoms with E-state index < -0.39 is 18.8 Å². The Morgan fingerprint density at radius 3 is 1.59 bits per heavy atom. The van der Waals surface area contributed by atoms with Crippen LogP contribution in [0.1, 0.15) is 0 Å². The van der Waals surface area contributed by atoms with E-state index in [1.165, 1.54) is 20.3 Å². The minimum absolute atomic E-state index is 0.168. The number of allylic oxidation sites excluding steroid dienone is 3. The molecule has 1 aliphatic carbocycles. The van der Waals surface area contributed by atoms with Crippen molar-refractivity contribution in [2.24, 2.45) is 0 Å². The lowest BCUT2D eigenvalue weighted by atomic mass is 10.1. The second kappa shape index (κ2) is 10.4. The predicted octanol–water partition coefficient (Wildman–Crippen LogP) is 3.92. The molecule has 0 aromatic heterocycles. The van der Waals surface area contributed by atoms with Gasteiger partial charge in [-0.3, -0.25) is 0 Å². The molecule has 4 rings (SSSR count). The molecule has 4 nitrogen and oxygen atoms in total. The number of esters is 2. The predicted molar refractivity (Wildman–Crippen MR) is 139 cm³/mol. The Labute approximate surface area is 199 Å². The number of carbonyl (C=O) groups is 2. The van der Waals surface area contributed by atoms with Crippen molar-refractivity contribution in [3.05, 3.63) is 126 Å². The molecule has 0 saturated heterocycles. The van der Waals surface area contributed by atoms with E-state index >= 15 is 0 Å². The van der Waals surface area contributed by atoms with Crippen molar-refractivity contribution in [1.29, 1.82) is 0 Å². The molecule has 0 saturated carbocycles. The van der Waals surface area contributed by atoms with Gasteiger partial charge in [0.2, 0.25) is 0 Å². The van der Waals surface area contributed by atoms with Gasteiger partial charge >= 0.3 is 11.9 Å². The van der Waals surface area contributed by atoms with Crippen LogP contribution in [-0.2, 0) is 19.1 Å². The summed E-state index contributed by atoms with van der Waals surface area (Å²) in [6.45, 7) is -2.45. The number of benzene rings is 3. The number of rotatable bonds is 6. The summed E-state index contributed by atoms with van der Waals surface area (Å²) in [5, 5.41) is 4.39. The summed E-state index contributed by atoms with van der Waals surface area (Å²) in [5.41, 5.74) is 0.823. The van der Waals surface area contributed by atoms with Crippen LogP contribution in [-0.4, -0.2) is 31.5 Å². The molecule has 3 aromatic rings. The van der Waals surface area contributed by atoms with Crippen molar-refractivity contribution >= 4 is 40.0 Å². The van der Waals surface area contributed by atoms with Crippen molar-refractivity contribution in [1.82, 2.24) is 0 Å². The average molecular weight is 468 g/mol. The number of carbonyl (C=O) groups excluding carboxylic acids is 2. The maximum absolute atomic E-state index is 12.9. The average Bonchev–Trinajstić information content (AvgIpc) is 3.39. The lowest BCUT2D eigenvalue weighted by Crippen LogP contribution is -2.31. The van der Waals surface area contributed by atoms with Gasteiger partial charge in [-0.25, -0.2) is 9.59 Å². The van der Waals surface area contributed by atoms with Gasteiger partial charge in [-0.05, 0) is 33.7 Å². The zero-order valence-corrected chi connectivity index (χ0v) is 19.9. The van der Waals surface area contributed by atoms with Crippen LogP contribution in [0.3, 0.4) is 0 Å². The summed E-state index contributed by atoms with van der Waals surface area (Å²) >= 11 is 0. The number of hydrogen-bond donors (Lipinski definition) is 0. The summed E-state index contributed by atoms with van der Waals surface area (Å²) in [7, 11) is 2.60. The molecule has 0 heterocycles. The van der Waals surface area contributed by atoms with Gasteiger partial charge in [-0.15, -0.1) is 0 Å². The second-order valence-electron chi connectivity index (χ2n) is 7.57. The Morgan fingerprint density at radius 1 is 0.706 bits per heavy atom. The fraction of sp³-hybridized carbons (Fsp3) is 0.0690. The lowest BCUT2D eigenvalue weighted by Gasteiger charge is -2.32. The number of ether oxygens (including phenoxy) is 2. The van der Waals surface area contributed by atoms with Crippen LogP contribution in [0.25, 0.3) is 0 Å². The van der Waals surface area contributed by atoms with E-state index in [9.17, 15) is 9.59 Å². The van der Waals surface area contributed by atoms with Crippen molar-refractivity contribution in [3.63, 3.8) is 0 Å². The fourth-order valence-corrected chi connectivity index (χ4v) is 8.74. The first kappa shape index (κ1) is 23.3. The van der Waals surface area contributed by atoms with Crippen molar-refractivity contribution < 1.29 is 19.1 Å². The smallest absolute Gasteiger partial charge is 0.338 e. The van der Waals surface area contributed by atoms with Crippen molar-refractivity contribution in [3.8, 4) is 0 Å². The molecule has 0 fully saturated rings. The van der Waals surface area contributed by atoms with Gasteiger partial charge < -0.3 is 9.47 Å². The summed E-state index contributed by atoms with van der Waals surface area (Å²) in [6.07, 6.45) is 7.04. The zero-order chi connectivity index (χ0) is 24.0. The first-order valence-electron chi connectivity index (χ1n) is 10.8. The van der Waals surface area contributed by atoms with Crippen LogP contribution in [0.2, 0.25) is 0 Å². The summed E-state index contributed by atoms with van der Waals surface area (Å²) in [6, 6.07) is 31.0. The summed E-state index contributed by atoms with van der Waals surface area (Å²) in [4.78, 5) is 25.1. The minimum Gasteiger partial charge on any atom is -0.466 e. The molecule has 1 aliphatic rings. The first-order chi connectivity index (χ1) is 16.6. The molecule has 0 aliphatic heterocycles. The third-order valence-corrected chi connectivity index (χ3v) is 10.1. The molecule has 5 heteroatoms. The van der Waals surface area contributed by atoms with Crippen LogP contribution in [0.15, 0.2) is 126 Å². The highest BCUT2D eigenvalue weighted by Gasteiger charge is 2.33. The zero-order valence-electron chi connectivity index (χ0n) is 19.0. The van der Waals surface area contributed by atoms with Crippen LogP contribution in [0.4, 0.5) is 0 Å². The van der Waals surface area contributed by atoms with Crippen LogP contribution >= 0.6 is 6.89 Å². The molecule has 0 amide bonds. The van der Waals surface area contributed by atoms with Gasteiger partial charge in [-0.1, -0.05) is 109 Å². The fourth-order valence-electron chi connectivity index (χ4n) is 4.28. The quantitative estimate of drug-likeness (QED) is 0.313. The molecule has 0 N–H and O–H groups in total. The molecular formula is C29H25O4P. The molecule has 0 atom stereocenters. The van der Waals surface area contributed by atoms with Crippen molar-refractivity contribution in [2.45, 2.75) is 0 Å². The Bertz CT molecular complexity index is 1230. The standard InChI is InChI=1S/C29H25O4P/c1-32-28(30)21-26(29(31)33-2)25-19-12-20-27(25)34(22-13-6-3-7-14-22,23-15-8-4-9-16-23)24-17-10-5-11-18-24/h3-21H,1-2H3/b26-21-. The van der Waals surface area contributed by atoms with Gasteiger partial charge in [-0.2, -0.15) is 0 Å². The highest BCUT2D eigenvalue weighted by molar-refractivity contribution is 7.96. The molecule has 0 bridgehead atoms. The summed E-state index contributed by atoms with van der Waals surface area (Å²) in [5.74, 6) is -1.21. The van der Waals surface area contributed by atoms with E-state index in [-0.39, 0.29) is 5.57 Å². The normalized spacial score (nSPS) is 13.4. The van der Waals surface area contributed by atoms with Crippen LogP contribution in [0.5, 0.6) is 0 Å². The number of hydrogen-bond acceptors (Lipinski definition) is 4. The van der Waals surface area contributed by atoms with Gasteiger partial charge in [0.1, 0.15) is 0 Å². The maximum atomic E-state index is 12.9. The van der Waals surface area contributed by atoms with Gasteiger partial charge in [0.25, 0.3) is 0 Å². The lowest BCUT2D eigenvalue weighted by molar-refractivity contribution is -0.138. The topological polar surface area (TPSA) is 52.6 Å². The summed E-state index contributed by atoms with van der Waals surface area (Å²) < 4.78 is 9.90. The third-order valence-electron chi connectivity index (χ3n) is 5.74. The molecular weight excluding hydrogens is 443 g/mol. The maximum Gasteiger partial charge on any atom is 0.338 e. The molecule has 3 aromatic carbocycles. The van der Waals surface area contributed by atoms with E-state index in [0.29, 0.717) is 5.57 Å².